The zero-order valence-corrected chi connectivity index (χ0v) is 13.1. The van der Waals surface area contributed by atoms with E-state index in [1.807, 2.05) is 0 Å². The van der Waals surface area contributed by atoms with E-state index in [2.05, 4.69) is 25.6 Å². The third kappa shape index (κ3) is 2.85. The van der Waals surface area contributed by atoms with E-state index in [1.54, 1.807) is 31.2 Å². The Morgan fingerprint density at radius 3 is 2.61 bits per heavy atom. The Bertz CT molecular complexity index is 685. The Morgan fingerprint density at radius 2 is 2.06 bits per heavy atom. The van der Waals surface area contributed by atoms with Gasteiger partial charge in [0.2, 0.25) is 0 Å². The molecule has 0 saturated heterocycles. The van der Waals surface area contributed by atoms with Gasteiger partial charge in [-0.2, -0.15) is 0 Å². The van der Waals surface area contributed by atoms with Gasteiger partial charge in [0.05, 0.1) is 11.4 Å². The van der Waals surface area contributed by atoms with Gasteiger partial charge in [0.1, 0.15) is 0 Å². The van der Waals surface area contributed by atoms with Gasteiger partial charge in [0.25, 0.3) is 10.0 Å². The van der Waals surface area contributed by atoms with Crippen LogP contribution < -0.4 is 4.72 Å². The molecule has 18 heavy (non-hydrogen) atoms. The third-order valence-corrected chi connectivity index (χ3v) is 6.02. The SMILES string of the molecule is Cc1nc(Cl)sc1S(=O)(=O)Nc1ccccc1Br. The van der Waals surface area contributed by atoms with Crippen molar-refractivity contribution in [3.8, 4) is 0 Å². The van der Waals surface area contributed by atoms with E-state index in [0.717, 1.165) is 11.3 Å². The maximum atomic E-state index is 12.2. The monoisotopic (exact) mass is 366 g/mol. The highest BCUT2D eigenvalue weighted by Crippen LogP contribution is 2.30. The quantitative estimate of drug-likeness (QED) is 0.900. The highest BCUT2D eigenvalue weighted by atomic mass is 79.9. The minimum absolute atomic E-state index is 0.128. The number of hydrogen-bond donors (Lipinski definition) is 1. The van der Waals surface area contributed by atoms with E-state index < -0.39 is 10.0 Å². The number of anilines is 1. The zero-order valence-electron chi connectivity index (χ0n) is 9.15. The molecule has 0 amide bonds. The largest absolute Gasteiger partial charge is 0.278 e. The molecule has 0 saturated carbocycles. The Balaban J connectivity index is 2.40. The number of aromatic nitrogens is 1. The minimum atomic E-state index is -3.65. The van der Waals surface area contributed by atoms with Crippen LogP contribution in [-0.4, -0.2) is 13.4 Å². The van der Waals surface area contributed by atoms with Crippen LogP contribution in [0.4, 0.5) is 5.69 Å². The molecule has 0 radical (unpaired) electrons. The molecule has 0 aliphatic carbocycles. The molecule has 0 aliphatic rings. The van der Waals surface area contributed by atoms with Gasteiger partial charge in [-0.1, -0.05) is 35.1 Å². The molecule has 0 spiro atoms. The average Bonchev–Trinajstić information content (AvgIpc) is 2.62. The van der Waals surface area contributed by atoms with E-state index in [9.17, 15) is 8.42 Å². The number of halogens is 2. The second-order valence-corrected chi connectivity index (χ2v) is 7.74. The van der Waals surface area contributed by atoms with Crippen LogP contribution in [0.1, 0.15) is 5.69 Å². The summed E-state index contributed by atoms with van der Waals surface area (Å²) in [5, 5.41) is 0. The van der Waals surface area contributed by atoms with Crippen molar-refractivity contribution < 1.29 is 8.42 Å². The Labute approximate surface area is 122 Å². The van der Waals surface area contributed by atoms with Gasteiger partial charge in [-0.05, 0) is 35.0 Å². The summed E-state index contributed by atoms with van der Waals surface area (Å²) in [6.07, 6.45) is 0. The third-order valence-electron chi connectivity index (χ3n) is 2.09. The number of nitrogens with zero attached hydrogens (tertiary/aromatic N) is 1. The molecular formula is C10H8BrClN2O2S2. The Morgan fingerprint density at radius 1 is 1.39 bits per heavy atom. The first-order valence-electron chi connectivity index (χ1n) is 4.80. The fourth-order valence-corrected chi connectivity index (χ4v) is 4.67. The van der Waals surface area contributed by atoms with Gasteiger partial charge >= 0.3 is 0 Å². The lowest BCUT2D eigenvalue weighted by Gasteiger charge is -2.08. The van der Waals surface area contributed by atoms with Crippen LogP contribution in [0.3, 0.4) is 0 Å². The molecule has 2 aromatic rings. The van der Waals surface area contributed by atoms with E-state index in [-0.39, 0.29) is 8.68 Å². The van der Waals surface area contributed by atoms with E-state index in [1.165, 1.54) is 0 Å². The molecule has 1 aromatic heterocycles. The van der Waals surface area contributed by atoms with Crippen molar-refractivity contribution in [1.82, 2.24) is 4.98 Å². The smallest absolute Gasteiger partial charge is 0.273 e. The van der Waals surface area contributed by atoms with Crippen LogP contribution in [0.25, 0.3) is 0 Å². The molecule has 8 heteroatoms. The zero-order chi connectivity index (χ0) is 13.3. The second kappa shape index (κ2) is 5.16. The van der Waals surface area contributed by atoms with E-state index in [4.69, 9.17) is 11.6 Å². The van der Waals surface area contributed by atoms with Crippen molar-refractivity contribution in [1.29, 1.82) is 0 Å². The predicted molar refractivity (Wildman–Crippen MR) is 76.8 cm³/mol. The summed E-state index contributed by atoms with van der Waals surface area (Å²) in [5.74, 6) is 0. The van der Waals surface area contributed by atoms with Gasteiger partial charge in [0.15, 0.2) is 8.68 Å². The summed E-state index contributed by atoms with van der Waals surface area (Å²) >= 11 is 9.93. The van der Waals surface area contributed by atoms with Gasteiger partial charge in [-0.15, -0.1) is 0 Å². The van der Waals surface area contributed by atoms with Crippen molar-refractivity contribution in [2.24, 2.45) is 0 Å². The number of thiazole rings is 1. The lowest BCUT2D eigenvalue weighted by Crippen LogP contribution is -2.13. The summed E-state index contributed by atoms with van der Waals surface area (Å²) in [6.45, 7) is 1.61. The van der Waals surface area contributed by atoms with Crippen molar-refractivity contribution in [2.45, 2.75) is 11.1 Å². The molecule has 1 heterocycles. The molecule has 0 aliphatic heterocycles. The molecule has 96 valence electrons. The van der Waals surface area contributed by atoms with Crippen LogP contribution in [0.2, 0.25) is 4.47 Å². The number of para-hydroxylation sites is 1. The molecular weight excluding hydrogens is 360 g/mol. The lowest BCUT2D eigenvalue weighted by molar-refractivity contribution is 0.602. The first kappa shape index (κ1) is 13.8. The Hall–Kier alpha value is -0.630. The van der Waals surface area contributed by atoms with E-state index >= 15 is 0 Å². The van der Waals surface area contributed by atoms with Crippen molar-refractivity contribution in [3.63, 3.8) is 0 Å². The number of benzene rings is 1. The molecule has 4 nitrogen and oxygen atoms in total. The highest BCUT2D eigenvalue weighted by molar-refractivity contribution is 9.10. The number of sulfonamides is 1. The number of nitrogens with one attached hydrogen (secondary N) is 1. The van der Waals surface area contributed by atoms with Crippen LogP contribution in [0.5, 0.6) is 0 Å². The first-order valence-corrected chi connectivity index (χ1v) is 8.27. The van der Waals surface area contributed by atoms with Crippen molar-refractivity contribution >= 4 is 54.6 Å². The van der Waals surface area contributed by atoms with Gasteiger partial charge in [-0.3, -0.25) is 4.72 Å². The fraction of sp³-hybridized carbons (Fsp3) is 0.100. The maximum Gasteiger partial charge on any atom is 0.273 e. The summed E-state index contributed by atoms with van der Waals surface area (Å²) in [5.41, 5.74) is 0.867. The molecule has 0 fully saturated rings. The Kier molecular flexibility index (Phi) is 3.96. The number of aryl methyl sites for hydroxylation is 1. The minimum Gasteiger partial charge on any atom is -0.278 e. The van der Waals surface area contributed by atoms with Crippen LogP contribution >= 0.6 is 38.9 Å². The summed E-state index contributed by atoms with van der Waals surface area (Å²) in [4.78, 5) is 3.89. The molecule has 1 N–H and O–H groups in total. The van der Waals surface area contributed by atoms with Crippen molar-refractivity contribution in [3.05, 3.63) is 38.9 Å². The number of rotatable bonds is 3. The average molecular weight is 368 g/mol. The number of hydrogen-bond acceptors (Lipinski definition) is 4. The van der Waals surface area contributed by atoms with Crippen LogP contribution in [0, 0.1) is 6.92 Å². The van der Waals surface area contributed by atoms with Gasteiger partial charge in [0, 0.05) is 4.47 Å². The molecule has 0 unspecified atom stereocenters. The second-order valence-electron chi connectivity index (χ2n) is 3.43. The molecule has 1 aromatic carbocycles. The first-order chi connectivity index (χ1) is 8.40. The van der Waals surface area contributed by atoms with Crippen LogP contribution in [0.15, 0.2) is 32.9 Å². The van der Waals surface area contributed by atoms with E-state index in [0.29, 0.717) is 15.9 Å². The predicted octanol–water partition coefficient (Wildman–Crippen LogP) is 3.67. The molecule has 2 rings (SSSR count). The highest BCUT2D eigenvalue weighted by Gasteiger charge is 2.22. The summed E-state index contributed by atoms with van der Waals surface area (Å²) in [6, 6.07) is 6.97. The standard InChI is InChI=1S/C10H8BrClN2O2S2/c1-6-9(17-10(12)13-6)18(15,16)14-8-5-3-2-4-7(8)11/h2-5,14H,1H3. The normalized spacial score (nSPS) is 11.5. The molecule has 0 atom stereocenters. The van der Waals surface area contributed by atoms with Crippen LogP contribution in [-0.2, 0) is 10.0 Å². The van der Waals surface area contributed by atoms with Gasteiger partial charge in [-0.25, -0.2) is 13.4 Å². The summed E-state index contributed by atoms with van der Waals surface area (Å²) < 4.78 is 27.8. The lowest BCUT2D eigenvalue weighted by atomic mass is 10.3. The van der Waals surface area contributed by atoms with Crippen molar-refractivity contribution in [2.75, 3.05) is 4.72 Å². The summed E-state index contributed by atoms with van der Waals surface area (Å²) in [7, 11) is -3.65. The topological polar surface area (TPSA) is 59.1 Å². The molecule has 0 bridgehead atoms. The maximum absolute atomic E-state index is 12.2. The van der Waals surface area contributed by atoms with Gasteiger partial charge < -0.3 is 0 Å². The fourth-order valence-electron chi connectivity index (χ4n) is 1.34.